The molecule has 1 rings (SSSR count). The van der Waals surface area contributed by atoms with Crippen LogP contribution in [0.15, 0.2) is 0 Å². The average molecular weight is 195 g/mol. The van der Waals surface area contributed by atoms with E-state index in [1.807, 2.05) is 0 Å². The molecule has 0 bridgehead atoms. The predicted octanol–water partition coefficient (Wildman–Crippen LogP) is 1.22. The van der Waals surface area contributed by atoms with E-state index >= 15 is 0 Å². The maximum Gasteiger partial charge on any atom is 0.0635 e. The minimum absolute atomic E-state index is 0.547. The van der Waals surface area contributed by atoms with Gasteiger partial charge in [0.2, 0.25) is 0 Å². The number of hydrogen-bond donors (Lipinski definition) is 1. The van der Waals surface area contributed by atoms with Crippen molar-refractivity contribution < 1.29 is 0 Å². The van der Waals surface area contributed by atoms with Gasteiger partial charge in [-0.25, -0.2) is 0 Å². The molecule has 3 heteroatoms. The smallest absolute Gasteiger partial charge is 0.0635 e. The Bertz CT molecular complexity index is 197. The molecule has 0 saturated carbocycles. The van der Waals surface area contributed by atoms with Crippen LogP contribution in [0.4, 0.5) is 0 Å². The third-order valence-electron chi connectivity index (χ3n) is 3.07. The lowest BCUT2D eigenvalue weighted by Gasteiger charge is -2.33. The number of nitrogens with zero attached hydrogens (tertiary/aromatic N) is 2. The molecular formula is C11H21N3. The summed E-state index contributed by atoms with van der Waals surface area (Å²) in [5.74, 6) is 0.757. The van der Waals surface area contributed by atoms with E-state index in [0.717, 1.165) is 12.5 Å². The highest BCUT2D eigenvalue weighted by Gasteiger charge is 2.21. The van der Waals surface area contributed by atoms with Gasteiger partial charge in [-0.1, -0.05) is 0 Å². The van der Waals surface area contributed by atoms with E-state index in [9.17, 15) is 0 Å². The van der Waals surface area contributed by atoms with Crippen LogP contribution in [0.1, 0.15) is 26.2 Å². The van der Waals surface area contributed by atoms with E-state index in [2.05, 4.69) is 30.3 Å². The standard InChI is InChI=1S/C11H21N3/c1-10(13-7-4-6-12)11-5-3-8-14(2)9-11/h10-11,13H,3-5,7-9H2,1-2H3. The first kappa shape index (κ1) is 11.5. The molecular weight excluding hydrogens is 174 g/mol. The van der Waals surface area contributed by atoms with Crippen molar-refractivity contribution in [3.8, 4) is 6.07 Å². The molecule has 1 saturated heterocycles. The summed E-state index contributed by atoms with van der Waals surface area (Å²) in [6.45, 7) is 5.50. The van der Waals surface area contributed by atoms with Crippen LogP contribution in [0, 0.1) is 17.2 Å². The molecule has 80 valence electrons. The molecule has 0 aromatic heterocycles. The Morgan fingerprint density at radius 3 is 3.07 bits per heavy atom. The third kappa shape index (κ3) is 3.65. The van der Waals surface area contributed by atoms with Crippen LogP contribution < -0.4 is 5.32 Å². The van der Waals surface area contributed by atoms with Crippen molar-refractivity contribution in [2.45, 2.75) is 32.2 Å². The summed E-state index contributed by atoms with van der Waals surface area (Å²) in [5.41, 5.74) is 0. The van der Waals surface area contributed by atoms with Crippen LogP contribution in [0.25, 0.3) is 0 Å². The first-order valence-corrected chi connectivity index (χ1v) is 5.53. The molecule has 0 amide bonds. The Labute approximate surface area is 87.1 Å². The fourth-order valence-corrected chi connectivity index (χ4v) is 2.14. The van der Waals surface area contributed by atoms with Crippen molar-refractivity contribution in [3.63, 3.8) is 0 Å². The molecule has 0 spiro atoms. The van der Waals surface area contributed by atoms with Crippen LogP contribution in [-0.2, 0) is 0 Å². The second kappa shape index (κ2) is 6.00. The molecule has 0 aliphatic carbocycles. The monoisotopic (exact) mass is 195 g/mol. The fraction of sp³-hybridized carbons (Fsp3) is 0.909. The van der Waals surface area contributed by atoms with Gasteiger partial charge in [0.15, 0.2) is 0 Å². The minimum atomic E-state index is 0.547. The molecule has 0 aromatic carbocycles. The molecule has 14 heavy (non-hydrogen) atoms. The zero-order valence-electron chi connectivity index (χ0n) is 9.29. The molecule has 2 unspecified atom stereocenters. The number of rotatable bonds is 4. The molecule has 1 heterocycles. The van der Waals surface area contributed by atoms with Crippen LogP contribution >= 0.6 is 0 Å². The normalized spacial score (nSPS) is 25.6. The summed E-state index contributed by atoms with van der Waals surface area (Å²) in [6, 6.07) is 2.71. The van der Waals surface area contributed by atoms with Gasteiger partial charge in [-0.15, -0.1) is 0 Å². The molecule has 1 fully saturated rings. The molecule has 1 aliphatic rings. The second-order valence-corrected chi connectivity index (χ2v) is 4.32. The van der Waals surface area contributed by atoms with Crippen LogP contribution in [-0.4, -0.2) is 37.6 Å². The highest BCUT2D eigenvalue weighted by molar-refractivity contribution is 4.80. The highest BCUT2D eigenvalue weighted by Crippen LogP contribution is 2.18. The Morgan fingerprint density at radius 2 is 2.43 bits per heavy atom. The Morgan fingerprint density at radius 1 is 1.64 bits per heavy atom. The van der Waals surface area contributed by atoms with Gasteiger partial charge in [0, 0.05) is 25.6 Å². The molecule has 3 nitrogen and oxygen atoms in total. The minimum Gasteiger partial charge on any atom is -0.313 e. The number of hydrogen-bond acceptors (Lipinski definition) is 3. The van der Waals surface area contributed by atoms with Gasteiger partial charge in [-0.3, -0.25) is 0 Å². The lowest BCUT2D eigenvalue weighted by atomic mass is 9.92. The first-order chi connectivity index (χ1) is 6.74. The van der Waals surface area contributed by atoms with Crippen molar-refractivity contribution in [1.29, 1.82) is 5.26 Å². The van der Waals surface area contributed by atoms with Crippen molar-refractivity contribution in [1.82, 2.24) is 10.2 Å². The summed E-state index contributed by atoms with van der Waals surface area (Å²) >= 11 is 0. The first-order valence-electron chi connectivity index (χ1n) is 5.53. The average Bonchev–Trinajstić information content (AvgIpc) is 2.18. The maximum atomic E-state index is 8.43. The number of nitriles is 1. The number of piperidine rings is 1. The highest BCUT2D eigenvalue weighted by atomic mass is 15.1. The lowest BCUT2D eigenvalue weighted by Crippen LogP contribution is -2.43. The van der Waals surface area contributed by atoms with Crippen molar-refractivity contribution in [2.75, 3.05) is 26.7 Å². The quantitative estimate of drug-likeness (QED) is 0.686. The summed E-state index contributed by atoms with van der Waals surface area (Å²) in [6.07, 6.45) is 3.25. The number of likely N-dealkylation sites (tertiary alicyclic amines) is 1. The summed E-state index contributed by atoms with van der Waals surface area (Å²) in [7, 11) is 2.19. The van der Waals surface area contributed by atoms with Crippen LogP contribution in [0.2, 0.25) is 0 Å². The van der Waals surface area contributed by atoms with E-state index in [1.165, 1.54) is 25.9 Å². The Balaban J connectivity index is 2.22. The van der Waals surface area contributed by atoms with E-state index in [0.29, 0.717) is 12.5 Å². The van der Waals surface area contributed by atoms with Crippen LogP contribution in [0.5, 0.6) is 0 Å². The van der Waals surface area contributed by atoms with Gasteiger partial charge in [0.05, 0.1) is 6.07 Å². The second-order valence-electron chi connectivity index (χ2n) is 4.32. The van der Waals surface area contributed by atoms with Gasteiger partial charge in [0.1, 0.15) is 0 Å². The Hall–Kier alpha value is -0.590. The van der Waals surface area contributed by atoms with E-state index < -0.39 is 0 Å². The van der Waals surface area contributed by atoms with Gasteiger partial charge in [-0.2, -0.15) is 5.26 Å². The van der Waals surface area contributed by atoms with Gasteiger partial charge >= 0.3 is 0 Å². The van der Waals surface area contributed by atoms with E-state index in [4.69, 9.17) is 5.26 Å². The summed E-state index contributed by atoms with van der Waals surface area (Å²) in [4.78, 5) is 2.40. The molecule has 0 radical (unpaired) electrons. The van der Waals surface area contributed by atoms with E-state index in [1.54, 1.807) is 0 Å². The van der Waals surface area contributed by atoms with Crippen molar-refractivity contribution in [3.05, 3.63) is 0 Å². The maximum absolute atomic E-state index is 8.43. The summed E-state index contributed by atoms with van der Waals surface area (Å²) < 4.78 is 0. The Kier molecular flexibility index (Phi) is 4.92. The molecule has 2 atom stereocenters. The van der Waals surface area contributed by atoms with Gasteiger partial charge in [-0.05, 0) is 39.3 Å². The van der Waals surface area contributed by atoms with Gasteiger partial charge in [0.25, 0.3) is 0 Å². The zero-order valence-corrected chi connectivity index (χ0v) is 9.29. The molecule has 1 N–H and O–H groups in total. The van der Waals surface area contributed by atoms with E-state index in [-0.39, 0.29) is 0 Å². The SMILES string of the molecule is CC(NCCC#N)C1CCCN(C)C1. The third-order valence-corrected chi connectivity index (χ3v) is 3.07. The predicted molar refractivity (Wildman–Crippen MR) is 57.9 cm³/mol. The molecule has 1 aliphatic heterocycles. The molecule has 0 aromatic rings. The van der Waals surface area contributed by atoms with Crippen molar-refractivity contribution in [2.24, 2.45) is 5.92 Å². The largest absolute Gasteiger partial charge is 0.313 e. The van der Waals surface area contributed by atoms with Crippen LogP contribution in [0.3, 0.4) is 0 Å². The topological polar surface area (TPSA) is 39.1 Å². The lowest BCUT2D eigenvalue weighted by molar-refractivity contribution is 0.179. The van der Waals surface area contributed by atoms with Crippen molar-refractivity contribution >= 4 is 0 Å². The van der Waals surface area contributed by atoms with Gasteiger partial charge < -0.3 is 10.2 Å². The summed E-state index contributed by atoms with van der Waals surface area (Å²) in [5, 5.41) is 11.9. The zero-order chi connectivity index (χ0) is 10.4. The fourth-order valence-electron chi connectivity index (χ4n) is 2.14. The number of nitrogens with one attached hydrogen (secondary N) is 1.